The van der Waals surface area contributed by atoms with Crippen LogP contribution >= 0.6 is 0 Å². The monoisotopic (exact) mass is 814 g/mol. The molecule has 0 spiro atoms. The minimum atomic E-state index is 0.680. The van der Waals surface area contributed by atoms with Crippen LogP contribution < -0.4 is 0 Å². The summed E-state index contributed by atoms with van der Waals surface area (Å²) in [6, 6.07) is 82.8. The molecule has 298 valence electrons. The molecule has 3 aromatic heterocycles. The van der Waals surface area contributed by atoms with E-state index in [-0.39, 0.29) is 0 Å². The zero-order valence-electron chi connectivity index (χ0n) is 34.7. The van der Waals surface area contributed by atoms with E-state index in [1.54, 1.807) is 0 Å². The molecule has 0 saturated heterocycles. The smallest absolute Gasteiger partial charge is 0.160 e. The summed E-state index contributed by atoms with van der Waals surface area (Å²) >= 11 is 0. The third-order valence-electron chi connectivity index (χ3n) is 12.9. The van der Waals surface area contributed by atoms with Crippen molar-refractivity contribution in [3.63, 3.8) is 0 Å². The fourth-order valence-corrected chi connectivity index (χ4v) is 9.97. The predicted molar refractivity (Wildman–Crippen MR) is 267 cm³/mol. The highest BCUT2D eigenvalue weighted by Crippen LogP contribution is 2.40. The normalized spacial score (nSPS) is 11.8. The van der Waals surface area contributed by atoms with Crippen LogP contribution in [0.25, 0.3) is 122 Å². The van der Waals surface area contributed by atoms with Crippen LogP contribution in [0.2, 0.25) is 0 Å². The second-order valence-corrected chi connectivity index (χ2v) is 16.6. The van der Waals surface area contributed by atoms with Crippen LogP contribution in [-0.4, -0.2) is 19.1 Å². The number of hydrogen-bond donors (Lipinski definition) is 0. The molecule has 3 heterocycles. The van der Waals surface area contributed by atoms with E-state index in [1.807, 2.05) is 0 Å². The van der Waals surface area contributed by atoms with Crippen LogP contribution in [0.1, 0.15) is 0 Å². The molecule has 0 bridgehead atoms. The number of aromatic nitrogens is 4. The van der Waals surface area contributed by atoms with E-state index in [0.717, 1.165) is 66.8 Å². The maximum Gasteiger partial charge on any atom is 0.160 e. The van der Waals surface area contributed by atoms with E-state index >= 15 is 0 Å². The molecule has 0 saturated carbocycles. The van der Waals surface area contributed by atoms with Gasteiger partial charge < -0.3 is 9.13 Å². The SMILES string of the molecule is c1ccc(-n2c3ccccc3c3cc(-c4ccc5c6ccccc6n(-c6cccc(-c7nc(-c8cccc9ccccc89)cc(-c8cccc9ccccc89)n7)c6)c5c4)ccc32)cc1. The molecule has 0 radical (unpaired) electrons. The molecule has 0 atom stereocenters. The van der Waals surface area contributed by atoms with Crippen LogP contribution in [0, 0.1) is 0 Å². The number of hydrogen-bond acceptors (Lipinski definition) is 2. The van der Waals surface area contributed by atoms with Crippen molar-refractivity contribution >= 4 is 65.2 Å². The minimum absolute atomic E-state index is 0.680. The maximum absolute atomic E-state index is 5.38. The fraction of sp³-hybridized carbons (Fsp3) is 0. The molecular formula is C60H38N4. The Hall–Kier alpha value is -8.60. The van der Waals surface area contributed by atoms with Gasteiger partial charge in [0.2, 0.25) is 0 Å². The van der Waals surface area contributed by atoms with Crippen molar-refractivity contribution in [2.24, 2.45) is 0 Å². The Kier molecular flexibility index (Phi) is 8.18. The molecule has 0 fully saturated rings. The Morgan fingerprint density at radius 3 is 1.44 bits per heavy atom. The van der Waals surface area contributed by atoms with E-state index in [4.69, 9.17) is 9.97 Å². The highest BCUT2D eigenvalue weighted by molar-refractivity contribution is 6.12. The summed E-state index contributed by atoms with van der Waals surface area (Å²) in [5, 5.41) is 9.58. The first-order valence-electron chi connectivity index (χ1n) is 21.8. The Bertz CT molecular complexity index is 3860. The van der Waals surface area contributed by atoms with Gasteiger partial charge in [0.1, 0.15) is 0 Å². The molecule has 4 heteroatoms. The molecule has 13 rings (SSSR count). The lowest BCUT2D eigenvalue weighted by molar-refractivity contribution is 1.16. The van der Waals surface area contributed by atoms with Crippen molar-refractivity contribution in [1.82, 2.24) is 19.1 Å². The first-order chi connectivity index (χ1) is 31.7. The summed E-state index contributed by atoms with van der Waals surface area (Å²) in [6.45, 7) is 0. The molecule has 0 unspecified atom stereocenters. The molecule has 0 aliphatic heterocycles. The second kappa shape index (κ2) is 14.5. The Morgan fingerprint density at radius 1 is 0.266 bits per heavy atom. The molecule has 4 nitrogen and oxygen atoms in total. The van der Waals surface area contributed by atoms with Crippen molar-refractivity contribution in [3.05, 3.63) is 231 Å². The molecule has 64 heavy (non-hydrogen) atoms. The van der Waals surface area contributed by atoms with Crippen molar-refractivity contribution < 1.29 is 0 Å². The molecule has 0 amide bonds. The topological polar surface area (TPSA) is 35.6 Å². The predicted octanol–water partition coefficient (Wildman–Crippen LogP) is 15.6. The van der Waals surface area contributed by atoms with Gasteiger partial charge in [-0.05, 0) is 93.3 Å². The van der Waals surface area contributed by atoms with Gasteiger partial charge in [-0.1, -0.05) is 170 Å². The summed E-state index contributed by atoms with van der Waals surface area (Å²) in [6.07, 6.45) is 0. The van der Waals surface area contributed by atoms with E-state index in [0.29, 0.717) is 5.82 Å². The molecule has 13 aromatic rings. The number of rotatable bonds is 6. The summed E-state index contributed by atoms with van der Waals surface area (Å²) in [7, 11) is 0. The molecule has 0 aliphatic rings. The van der Waals surface area contributed by atoms with Crippen molar-refractivity contribution in [2.45, 2.75) is 0 Å². The molecular weight excluding hydrogens is 777 g/mol. The van der Waals surface area contributed by atoms with Crippen molar-refractivity contribution in [1.29, 1.82) is 0 Å². The highest BCUT2D eigenvalue weighted by Gasteiger charge is 2.19. The van der Waals surface area contributed by atoms with Gasteiger partial charge in [-0.3, -0.25) is 0 Å². The Labute approximate surface area is 369 Å². The second-order valence-electron chi connectivity index (χ2n) is 16.6. The van der Waals surface area contributed by atoms with Gasteiger partial charge in [0, 0.05) is 49.6 Å². The summed E-state index contributed by atoms with van der Waals surface area (Å²) in [5.74, 6) is 0.680. The highest BCUT2D eigenvalue weighted by atomic mass is 15.0. The standard InChI is InChI=1S/C60H38N4/c1-2-20-44(21-3-1)63-57-30-11-9-26-51(57)53-36-41(32-34-58(53)63)42-31-33-52-50-25-8-10-29-56(50)64(59(52)37-42)45-22-12-19-43(35-45)60-61-54(48-27-13-17-39-15-4-6-23-46(39)48)38-55(62-60)49-28-14-18-40-16-5-7-24-47(40)49/h1-38H. The Morgan fingerprint density at radius 2 is 0.750 bits per heavy atom. The number of nitrogens with zero attached hydrogens (tertiary/aromatic N) is 4. The maximum atomic E-state index is 5.38. The van der Waals surface area contributed by atoms with Crippen LogP contribution in [0.5, 0.6) is 0 Å². The quantitative estimate of drug-likeness (QED) is 0.168. The van der Waals surface area contributed by atoms with E-state index in [1.165, 1.54) is 48.9 Å². The van der Waals surface area contributed by atoms with Gasteiger partial charge in [-0.15, -0.1) is 0 Å². The summed E-state index contributed by atoms with van der Waals surface area (Å²) in [4.78, 5) is 10.8. The number of benzene rings is 10. The summed E-state index contributed by atoms with van der Waals surface area (Å²) in [5.41, 5.74) is 14.1. The number of para-hydroxylation sites is 3. The summed E-state index contributed by atoms with van der Waals surface area (Å²) < 4.78 is 4.77. The fourth-order valence-electron chi connectivity index (χ4n) is 9.97. The van der Waals surface area contributed by atoms with E-state index in [2.05, 4.69) is 240 Å². The van der Waals surface area contributed by atoms with Crippen molar-refractivity contribution in [3.8, 4) is 56.4 Å². The van der Waals surface area contributed by atoms with Gasteiger partial charge in [0.15, 0.2) is 5.82 Å². The zero-order chi connectivity index (χ0) is 42.1. The van der Waals surface area contributed by atoms with Gasteiger partial charge in [-0.25, -0.2) is 9.97 Å². The van der Waals surface area contributed by atoms with Crippen LogP contribution in [0.4, 0.5) is 0 Å². The minimum Gasteiger partial charge on any atom is -0.309 e. The van der Waals surface area contributed by atoms with Gasteiger partial charge in [0.05, 0.1) is 33.5 Å². The number of fused-ring (bicyclic) bond motifs is 8. The average Bonchev–Trinajstić information content (AvgIpc) is 3.88. The van der Waals surface area contributed by atoms with Crippen LogP contribution in [0.15, 0.2) is 231 Å². The van der Waals surface area contributed by atoms with Gasteiger partial charge in [0.25, 0.3) is 0 Å². The lowest BCUT2D eigenvalue weighted by Crippen LogP contribution is -1.99. The Balaban J connectivity index is 0.989. The third kappa shape index (κ3) is 5.77. The lowest BCUT2D eigenvalue weighted by atomic mass is 9.98. The largest absolute Gasteiger partial charge is 0.309 e. The first-order valence-corrected chi connectivity index (χ1v) is 21.8. The molecule has 0 aliphatic carbocycles. The van der Waals surface area contributed by atoms with Crippen LogP contribution in [-0.2, 0) is 0 Å². The van der Waals surface area contributed by atoms with Crippen LogP contribution in [0.3, 0.4) is 0 Å². The van der Waals surface area contributed by atoms with Gasteiger partial charge in [-0.2, -0.15) is 0 Å². The van der Waals surface area contributed by atoms with Crippen molar-refractivity contribution in [2.75, 3.05) is 0 Å². The first kappa shape index (κ1) is 36.1. The van der Waals surface area contributed by atoms with Gasteiger partial charge >= 0.3 is 0 Å². The molecule has 10 aromatic carbocycles. The lowest BCUT2D eigenvalue weighted by Gasteiger charge is -2.14. The van der Waals surface area contributed by atoms with E-state index < -0.39 is 0 Å². The zero-order valence-corrected chi connectivity index (χ0v) is 34.7. The van der Waals surface area contributed by atoms with E-state index in [9.17, 15) is 0 Å². The molecule has 0 N–H and O–H groups in total. The third-order valence-corrected chi connectivity index (χ3v) is 12.9. The average molecular weight is 815 g/mol.